The molecule has 2 unspecified atom stereocenters. The Labute approximate surface area is 92.4 Å². The highest BCUT2D eigenvalue weighted by Gasteiger charge is 2.26. The summed E-state index contributed by atoms with van der Waals surface area (Å²) in [5.74, 6) is 2.33. The molecule has 0 aromatic carbocycles. The van der Waals surface area contributed by atoms with Crippen molar-refractivity contribution < 1.29 is 0 Å². The minimum Gasteiger partial charge on any atom is -0.303 e. The highest BCUT2D eigenvalue weighted by molar-refractivity contribution is 7.99. The van der Waals surface area contributed by atoms with Crippen LogP contribution in [0.2, 0.25) is 0 Å². The summed E-state index contributed by atoms with van der Waals surface area (Å²) in [6.07, 6.45) is 10.2. The van der Waals surface area contributed by atoms with Crippen molar-refractivity contribution >= 4 is 11.8 Å². The minimum atomic E-state index is 0.754. The summed E-state index contributed by atoms with van der Waals surface area (Å²) in [6, 6.07) is 0.754. The first-order chi connectivity index (χ1) is 6.86. The second kappa shape index (κ2) is 5.41. The number of nitrogens with one attached hydrogen (secondary N) is 1. The first kappa shape index (κ1) is 10.8. The third-order valence-corrected chi connectivity index (χ3v) is 4.98. The third-order valence-electron chi connectivity index (χ3n) is 3.63. The molecule has 0 aromatic rings. The molecule has 1 nitrogen and oxygen atoms in total. The Balaban J connectivity index is 1.85. The molecule has 1 aliphatic heterocycles. The van der Waals surface area contributed by atoms with Crippen LogP contribution in [0, 0.1) is 5.92 Å². The van der Waals surface area contributed by atoms with E-state index in [9.17, 15) is 0 Å². The number of hydrogen-bond donors (Lipinski definition) is 1. The lowest BCUT2D eigenvalue weighted by Crippen LogP contribution is -2.43. The van der Waals surface area contributed by atoms with Gasteiger partial charge in [0.05, 0.1) is 5.37 Å². The smallest absolute Gasteiger partial charge is 0.0562 e. The SMILES string of the molecule is CC1CCSC(C2CCCCCC2)N1. The highest BCUT2D eigenvalue weighted by atomic mass is 32.2. The molecule has 1 saturated carbocycles. The summed E-state index contributed by atoms with van der Waals surface area (Å²) in [5, 5.41) is 4.55. The van der Waals surface area contributed by atoms with Crippen molar-refractivity contribution in [2.24, 2.45) is 5.92 Å². The monoisotopic (exact) mass is 213 g/mol. The van der Waals surface area contributed by atoms with Crippen LogP contribution in [0.5, 0.6) is 0 Å². The van der Waals surface area contributed by atoms with Crippen LogP contribution in [-0.2, 0) is 0 Å². The van der Waals surface area contributed by atoms with Gasteiger partial charge in [0, 0.05) is 6.04 Å². The van der Waals surface area contributed by atoms with E-state index in [-0.39, 0.29) is 0 Å². The van der Waals surface area contributed by atoms with Crippen molar-refractivity contribution in [3.8, 4) is 0 Å². The largest absolute Gasteiger partial charge is 0.303 e. The van der Waals surface area contributed by atoms with Crippen LogP contribution in [0.4, 0.5) is 0 Å². The Morgan fingerprint density at radius 2 is 1.71 bits per heavy atom. The van der Waals surface area contributed by atoms with Crippen LogP contribution in [0.3, 0.4) is 0 Å². The van der Waals surface area contributed by atoms with Crippen molar-refractivity contribution in [2.75, 3.05) is 5.75 Å². The molecule has 0 aromatic heterocycles. The van der Waals surface area contributed by atoms with Crippen LogP contribution in [-0.4, -0.2) is 17.2 Å². The van der Waals surface area contributed by atoms with Gasteiger partial charge in [-0.25, -0.2) is 0 Å². The van der Waals surface area contributed by atoms with E-state index in [1.54, 1.807) is 0 Å². The first-order valence-electron chi connectivity index (χ1n) is 6.24. The molecule has 2 atom stereocenters. The van der Waals surface area contributed by atoms with Crippen molar-refractivity contribution in [2.45, 2.75) is 63.3 Å². The quantitative estimate of drug-likeness (QED) is 0.670. The fourth-order valence-corrected chi connectivity index (χ4v) is 4.29. The zero-order chi connectivity index (χ0) is 9.80. The van der Waals surface area contributed by atoms with Crippen molar-refractivity contribution in [3.63, 3.8) is 0 Å². The van der Waals surface area contributed by atoms with Gasteiger partial charge in [-0.1, -0.05) is 25.7 Å². The topological polar surface area (TPSA) is 12.0 Å². The zero-order valence-corrected chi connectivity index (χ0v) is 10.1. The van der Waals surface area contributed by atoms with E-state index in [2.05, 4.69) is 24.0 Å². The van der Waals surface area contributed by atoms with E-state index >= 15 is 0 Å². The maximum Gasteiger partial charge on any atom is 0.0562 e. The van der Waals surface area contributed by atoms with Gasteiger partial charge in [-0.3, -0.25) is 0 Å². The molecule has 2 rings (SSSR count). The van der Waals surface area contributed by atoms with Gasteiger partial charge in [-0.2, -0.15) is 0 Å². The number of hydrogen-bond acceptors (Lipinski definition) is 2. The summed E-state index contributed by atoms with van der Waals surface area (Å²) in [5.41, 5.74) is 0. The molecule has 82 valence electrons. The van der Waals surface area contributed by atoms with Gasteiger partial charge < -0.3 is 5.32 Å². The van der Waals surface area contributed by atoms with Gasteiger partial charge in [-0.15, -0.1) is 11.8 Å². The lowest BCUT2D eigenvalue weighted by atomic mass is 9.99. The normalized spacial score (nSPS) is 36.6. The average molecular weight is 213 g/mol. The molecule has 2 aliphatic rings. The molecule has 0 amide bonds. The van der Waals surface area contributed by atoms with Crippen molar-refractivity contribution in [3.05, 3.63) is 0 Å². The molecule has 0 radical (unpaired) electrons. The van der Waals surface area contributed by atoms with Crippen molar-refractivity contribution in [1.82, 2.24) is 5.32 Å². The molecule has 1 aliphatic carbocycles. The van der Waals surface area contributed by atoms with Crippen LogP contribution in [0.25, 0.3) is 0 Å². The van der Waals surface area contributed by atoms with Gasteiger partial charge in [0.2, 0.25) is 0 Å². The summed E-state index contributed by atoms with van der Waals surface area (Å²) >= 11 is 2.17. The maximum absolute atomic E-state index is 3.78. The molecule has 1 heterocycles. The van der Waals surface area contributed by atoms with Gasteiger partial charge in [0.15, 0.2) is 0 Å². The van der Waals surface area contributed by atoms with Gasteiger partial charge >= 0.3 is 0 Å². The first-order valence-corrected chi connectivity index (χ1v) is 7.29. The van der Waals surface area contributed by atoms with Gasteiger partial charge in [-0.05, 0) is 37.9 Å². The fraction of sp³-hybridized carbons (Fsp3) is 1.00. The van der Waals surface area contributed by atoms with E-state index < -0.39 is 0 Å². The van der Waals surface area contributed by atoms with E-state index in [1.807, 2.05) is 0 Å². The van der Waals surface area contributed by atoms with Crippen LogP contribution < -0.4 is 5.32 Å². The summed E-state index contributed by atoms with van der Waals surface area (Å²) in [6.45, 7) is 2.34. The third kappa shape index (κ3) is 2.90. The Morgan fingerprint density at radius 1 is 1.00 bits per heavy atom. The van der Waals surface area contributed by atoms with Crippen LogP contribution in [0.1, 0.15) is 51.9 Å². The second-order valence-corrected chi connectivity index (χ2v) is 6.15. The number of rotatable bonds is 1. The van der Waals surface area contributed by atoms with E-state index in [4.69, 9.17) is 0 Å². The molecule has 2 heteroatoms. The average Bonchev–Trinajstić information content (AvgIpc) is 2.45. The molecule has 2 fully saturated rings. The molecule has 1 N–H and O–H groups in total. The molecule has 1 saturated heterocycles. The predicted octanol–water partition coefficient (Wildman–Crippen LogP) is 3.40. The van der Waals surface area contributed by atoms with E-state index in [0.29, 0.717) is 0 Å². The Kier molecular flexibility index (Phi) is 4.18. The van der Waals surface area contributed by atoms with Crippen molar-refractivity contribution in [1.29, 1.82) is 0 Å². The number of thioether (sulfide) groups is 1. The molecular weight excluding hydrogens is 190 g/mol. The predicted molar refractivity (Wildman–Crippen MR) is 64.7 cm³/mol. The Morgan fingerprint density at radius 3 is 2.36 bits per heavy atom. The van der Waals surface area contributed by atoms with E-state index in [1.165, 1.54) is 50.7 Å². The summed E-state index contributed by atoms with van der Waals surface area (Å²) in [7, 11) is 0. The van der Waals surface area contributed by atoms with Crippen LogP contribution >= 0.6 is 11.8 Å². The molecular formula is C12H23NS. The molecule has 14 heavy (non-hydrogen) atoms. The minimum absolute atomic E-state index is 0.754. The standard InChI is InChI=1S/C12H23NS/c1-10-8-9-14-12(13-10)11-6-4-2-3-5-7-11/h10-13H,2-9H2,1H3. The van der Waals surface area contributed by atoms with Gasteiger partial charge in [0.25, 0.3) is 0 Å². The highest BCUT2D eigenvalue weighted by Crippen LogP contribution is 2.33. The summed E-state index contributed by atoms with van der Waals surface area (Å²) < 4.78 is 0. The lowest BCUT2D eigenvalue weighted by molar-refractivity contribution is 0.361. The molecule has 0 bridgehead atoms. The molecule has 0 spiro atoms. The lowest BCUT2D eigenvalue weighted by Gasteiger charge is -2.33. The van der Waals surface area contributed by atoms with Crippen LogP contribution in [0.15, 0.2) is 0 Å². The Hall–Kier alpha value is 0.310. The van der Waals surface area contributed by atoms with Gasteiger partial charge in [0.1, 0.15) is 0 Å². The Bertz CT molecular complexity index is 164. The second-order valence-electron chi connectivity index (χ2n) is 4.90. The fourth-order valence-electron chi connectivity index (χ4n) is 2.67. The zero-order valence-electron chi connectivity index (χ0n) is 9.30. The maximum atomic E-state index is 3.78. The van der Waals surface area contributed by atoms with E-state index in [0.717, 1.165) is 17.3 Å². The summed E-state index contributed by atoms with van der Waals surface area (Å²) in [4.78, 5) is 0.